The van der Waals surface area contributed by atoms with E-state index in [1.165, 1.54) is 20.3 Å². The Hall–Kier alpha value is -2.83. The third-order valence-electron chi connectivity index (χ3n) is 4.79. The highest BCUT2D eigenvalue weighted by molar-refractivity contribution is 5.92. The minimum absolute atomic E-state index is 0.206. The molecule has 0 aromatic rings. The number of nitrogens with two attached hydrogens (primary N) is 1. The van der Waals surface area contributed by atoms with Gasteiger partial charge in [-0.15, -0.1) is 0 Å². The van der Waals surface area contributed by atoms with E-state index in [1.54, 1.807) is 18.2 Å². The summed E-state index contributed by atoms with van der Waals surface area (Å²) in [5.41, 5.74) is 6.38. The van der Waals surface area contributed by atoms with Crippen LogP contribution >= 0.6 is 0 Å². The highest BCUT2D eigenvalue weighted by Crippen LogP contribution is 2.20. The van der Waals surface area contributed by atoms with Crippen LogP contribution in [-0.4, -0.2) is 38.0 Å². The van der Waals surface area contributed by atoms with Gasteiger partial charge in [-0.1, -0.05) is 57.6 Å². The highest BCUT2D eigenvalue weighted by atomic mass is 16.6. The van der Waals surface area contributed by atoms with Crippen molar-refractivity contribution in [3.63, 3.8) is 0 Å². The van der Waals surface area contributed by atoms with E-state index >= 15 is 0 Å². The van der Waals surface area contributed by atoms with Crippen molar-refractivity contribution in [2.45, 2.75) is 53.5 Å². The molecule has 0 bridgehead atoms. The van der Waals surface area contributed by atoms with Crippen molar-refractivity contribution in [2.24, 2.45) is 23.5 Å². The zero-order chi connectivity index (χ0) is 24.0. The largest absolute Gasteiger partial charge is 0.490 e. The molecule has 31 heavy (non-hydrogen) atoms. The lowest BCUT2D eigenvalue weighted by molar-refractivity contribution is -0.139. The number of hydrogen-bond acceptors (Lipinski definition) is 5. The van der Waals surface area contributed by atoms with Crippen LogP contribution in [0.25, 0.3) is 0 Å². The van der Waals surface area contributed by atoms with Crippen molar-refractivity contribution in [3.05, 3.63) is 47.8 Å². The summed E-state index contributed by atoms with van der Waals surface area (Å²) in [4.78, 5) is 34.9. The molecule has 0 saturated carbocycles. The van der Waals surface area contributed by atoms with Gasteiger partial charge < -0.3 is 20.5 Å². The number of allylic oxidation sites excluding steroid dienone is 6. The molecule has 174 valence electrons. The molecule has 0 aromatic carbocycles. The lowest BCUT2D eigenvalue weighted by atomic mass is 9.91. The summed E-state index contributed by atoms with van der Waals surface area (Å²) in [5.74, 6) is -0.383. The van der Waals surface area contributed by atoms with Crippen molar-refractivity contribution in [2.75, 3.05) is 14.2 Å². The minimum Gasteiger partial charge on any atom is -0.490 e. The number of primary amides is 1. The van der Waals surface area contributed by atoms with Gasteiger partial charge in [-0.05, 0) is 43.6 Å². The Kier molecular flexibility index (Phi) is 13.7. The second-order valence-corrected chi connectivity index (χ2v) is 8.06. The van der Waals surface area contributed by atoms with E-state index in [0.717, 1.165) is 5.57 Å². The first-order valence-electron chi connectivity index (χ1n) is 10.5. The van der Waals surface area contributed by atoms with E-state index in [2.05, 4.69) is 30.0 Å². The van der Waals surface area contributed by atoms with Gasteiger partial charge in [-0.3, -0.25) is 9.59 Å². The maximum atomic E-state index is 12.0. The van der Waals surface area contributed by atoms with Crippen LogP contribution in [0.3, 0.4) is 0 Å². The number of carbonyl (C=O) groups is 3. The first kappa shape index (κ1) is 28.2. The fraction of sp³-hybridized carbons (Fsp3) is 0.542. The van der Waals surface area contributed by atoms with Gasteiger partial charge in [-0.2, -0.15) is 0 Å². The number of carbonyl (C=O) groups excluding carboxylic acids is 3. The van der Waals surface area contributed by atoms with Gasteiger partial charge in [0.25, 0.3) is 0 Å². The van der Waals surface area contributed by atoms with E-state index in [1.807, 2.05) is 26.8 Å². The lowest BCUT2D eigenvalue weighted by Gasteiger charge is -2.16. The Balaban J connectivity index is 4.78. The maximum Gasteiger partial charge on any atom is 0.372 e. The topological polar surface area (TPSA) is 108 Å². The molecule has 0 radical (unpaired) electrons. The van der Waals surface area contributed by atoms with Crippen molar-refractivity contribution >= 4 is 17.8 Å². The summed E-state index contributed by atoms with van der Waals surface area (Å²) in [6.07, 6.45) is 11.7. The molecule has 0 heterocycles. The smallest absolute Gasteiger partial charge is 0.372 e. The molecule has 0 fully saturated rings. The molecule has 3 N–H and O–H groups in total. The molecule has 7 nitrogen and oxygen atoms in total. The predicted molar refractivity (Wildman–Crippen MR) is 123 cm³/mol. The predicted octanol–water partition coefficient (Wildman–Crippen LogP) is 3.43. The fourth-order valence-corrected chi connectivity index (χ4v) is 2.78. The zero-order valence-electron chi connectivity index (χ0n) is 19.8. The first-order chi connectivity index (χ1) is 14.5. The summed E-state index contributed by atoms with van der Waals surface area (Å²) in [6, 6.07) is -0.669. The van der Waals surface area contributed by atoms with E-state index in [-0.39, 0.29) is 29.4 Å². The fourth-order valence-electron chi connectivity index (χ4n) is 2.78. The summed E-state index contributed by atoms with van der Waals surface area (Å²) >= 11 is 0. The van der Waals surface area contributed by atoms with Crippen LogP contribution < -0.4 is 11.1 Å². The van der Waals surface area contributed by atoms with E-state index in [9.17, 15) is 14.4 Å². The molecule has 0 aliphatic rings. The molecule has 0 saturated heterocycles. The van der Waals surface area contributed by atoms with Gasteiger partial charge in [0.05, 0.1) is 14.2 Å². The van der Waals surface area contributed by atoms with Gasteiger partial charge in [0.15, 0.2) is 5.76 Å². The third-order valence-corrected chi connectivity index (χ3v) is 4.79. The highest BCUT2D eigenvalue weighted by Gasteiger charge is 2.18. The Labute approximate surface area is 186 Å². The second kappa shape index (κ2) is 15.0. The maximum absolute atomic E-state index is 12.0. The molecule has 7 heteroatoms. The Bertz CT molecular complexity index is 719. The molecule has 2 amide bonds. The van der Waals surface area contributed by atoms with E-state index in [0.29, 0.717) is 12.8 Å². The molecular weight excluding hydrogens is 396 g/mol. The normalized spacial score (nSPS) is 15.7. The summed E-state index contributed by atoms with van der Waals surface area (Å²) < 4.78 is 9.72. The average molecular weight is 435 g/mol. The number of rotatable bonds is 13. The first-order valence-corrected chi connectivity index (χ1v) is 10.5. The number of methoxy groups -OCH3 is 2. The number of esters is 1. The molecule has 0 spiro atoms. The zero-order valence-corrected chi connectivity index (χ0v) is 19.8. The van der Waals surface area contributed by atoms with Crippen molar-refractivity contribution in [1.82, 2.24) is 5.32 Å². The summed E-state index contributed by atoms with van der Waals surface area (Å²) in [5, 5.41) is 2.63. The number of hydrogen-bond donors (Lipinski definition) is 2. The van der Waals surface area contributed by atoms with Crippen LogP contribution in [0.4, 0.5) is 0 Å². The van der Waals surface area contributed by atoms with Crippen molar-refractivity contribution < 1.29 is 23.9 Å². The quantitative estimate of drug-likeness (QED) is 0.200. The molecule has 0 aliphatic carbocycles. The Morgan fingerprint density at radius 1 is 1.00 bits per heavy atom. The van der Waals surface area contributed by atoms with Crippen LogP contribution in [0, 0.1) is 17.8 Å². The number of nitrogens with one attached hydrogen (secondary N) is 1. The van der Waals surface area contributed by atoms with Crippen LogP contribution in [0.1, 0.15) is 47.5 Å². The van der Waals surface area contributed by atoms with Gasteiger partial charge in [0.2, 0.25) is 11.8 Å². The van der Waals surface area contributed by atoms with Crippen molar-refractivity contribution in [3.8, 4) is 0 Å². The van der Waals surface area contributed by atoms with E-state index in [4.69, 9.17) is 10.5 Å². The standard InChI is InChI=1S/C24H38N2O5/c1-16(2)14-20(23(25)28)26-22(27)11-9-8-10-17(3)15-19(5)18(4)12-13-21(30-6)24(29)31-7/h8-11,13,15-16,18-20H,12,14H2,1-7H3,(H2,25,28)(H,26,27). The monoisotopic (exact) mass is 434 g/mol. The average Bonchev–Trinajstić information content (AvgIpc) is 2.70. The minimum atomic E-state index is -0.669. The summed E-state index contributed by atoms with van der Waals surface area (Å²) in [7, 11) is 2.76. The van der Waals surface area contributed by atoms with Crippen LogP contribution in [0.15, 0.2) is 47.8 Å². The van der Waals surface area contributed by atoms with Crippen LogP contribution in [-0.2, 0) is 23.9 Å². The van der Waals surface area contributed by atoms with Crippen molar-refractivity contribution in [1.29, 1.82) is 0 Å². The Morgan fingerprint density at radius 3 is 2.13 bits per heavy atom. The van der Waals surface area contributed by atoms with Crippen LogP contribution in [0.5, 0.6) is 0 Å². The Morgan fingerprint density at radius 2 is 1.61 bits per heavy atom. The van der Waals surface area contributed by atoms with Crippen LogP contribution in [0.2, 0.25) is 0 Å². The van der Waals surface area contributed by atoms with E-state index < -0.39 is 17.9 Å². The molecular formula is C24H38N2O5. The van der Waals surface area contributed by atoms with Gasteiger partial charge >= 0.3 is 5.97 Å². The molecule has 0 aromatic heterocycles. The molecule has 0 aliphatic heterocycles. The lowest BCUT2D eigenvalue weighted by Crippen LogP contribution is -2.44. The van der Waals surface area contributed by atoms with Gasteiger partial charge in [0.1, 0.15) is 6.04 Å². The third kappa shape index (κ3) is 12.5. The number of amides is 2. The van der Waals surface area contributed by atoms with Gasteiger partial charge in [-0.25, -0.2) is 4.79 Å². The summed E-state index contributed by atoms with van der Waals surface area (Å²) in [6.45, 7) is 10.1. The second-order valence-electron chi connectivity index (χ2n) is 8.06. The number of ether oxygens (including phenoxy) is 2. The van der Waals surface area contributed by atoms with Gasteiger partial charge in [0, 0.05) is 6.08 Å². The molecule has 3 unspecified atom stereocenters. The molecule has 3 atom stereocenters. The SMILES string of the molecule is COC(=O)C(=CCC(C)C(C)C=C(C)C=CC=CC(=O)NC(CC(C)C)C(N)=O)OC. The molecule has 0 rings (SSSR count).